The number of rotatable bonds is 4. The Kier molecular flexibility index (Phi) is 3.89. The van der Waals surface area contributed by atoms with Crippen LogP contribution in [0.2, 0.25) is 0 Å². The minimum absolute atomic E-state index is 0.0266. The Balaban J connectivity index is 2.84. The third-order valence-electron chi connectivity index (χ3n) is 2.75. The lowest BCUT2D eigenvalue weighted by Gasteiger charge is -2.25. The maximum Gasteiger partial charge on any atom is 0.0576 e. The lowest BCUT2D eigenvalue weighted by molar-refractivity contribution is 0.314. The molecule has 1 aromatic rings. The maximum absolute atomic E-state index is 8.82. The minimum atomic E-state index is 0.0266. The van der Waals surface area contributed by atoms with Crippen molar-refractivity contribution in [2.24, 2.45) is 5.16 Å². The molecule has 2 nitrogen and oxygen atoms in total. The maximum atomic E-state index is 8.82. The summed E-state index contributed by atoms with van der Waals surface area (Å²) in [6.45, 7) is 6.35. The molecule has 0 aliphatic heterocycles. The van der Waals surface area contributed by atoms with Gasteiger partial charge in [0.1, 0.15) is 0 Å². The van der Waals surface area contributed by atoms with Crippen LogP contribution in [0.1, 0.15) is 39.2 Å². The predicted octanol–water partition coefficient (Wildman–Crippen LogP) is 3.59. The van der Waals surface area contributed by atoms with Crippen LogP contribution in [0.25, 0.3) is 0 Å². The second-order valence-electron chi connectivity index (χ2n) is 4.45. The van der Waals surface area contributed by atoms with Gasteiger partial charge in [-0.05, 0) is 23.8 Å². The van der Waals surface area contributed by atoms with Crippen molar-refractivity contribution in [3.05, 3.63) is 35.9 Å². The van der Waals surface area contributed by atoms with Crippen LogP contribution in [0, 0.1) is 0 Å². The third-order valence-corrected chi connectivity index (χ3v) is 2.75. The average molecular weight is 205 g/mol. The summed E-state index contributed by atoms with van der Waals surface area (Å²) in [6, 6.07) is 10.3. The van der Waals surface area contributed by atoms with Crippen molar-refractivity contribution >= 4 is 5.71 Å². The van der Waals surface area contributed by atoms with Gasteiger partial charge in [-0.1, -0.05) is 56.3 Å². The number of hydrogen-bond donors (Lipinski definition) is 1. The SMILES string of the molecule is CC/C(CC(C)(C)c1ccccc1)=N/O. The van der Waals surface area contributed by atoms with Crippen molar-refractivity contribution in [2.45, 2.75) is 39.0 Å². The molecule has 0 aromatic heterocycles. The van der Waals surface area contributed by atoms with Crippen molar-refractivity contribution in [1.29, 1.82) is 0 Å². The molecule has 0 bridgehead atoms. The number of hydrogen-bond acceptors (Lipinski definition) is 2. The van der Waals surface area contributed by atoms with Gasteiger partial charge >= 0.3 is 0 Å². The molecule has 1 N–H and O–H groups in total. The van der Waals surface area contributed by atoms with Crippen LogP contribution in [0.4, 0.5) is 0 Å². The zero-order valence-electron chi connectivity index (χ0n) is 9.70. The predicted molar refractivity (Wildman–Crippen MR) is 63.6 cm³/mol. The first-order valence-corrected chi connectivity index (χ1v) is 5.35. The fourth-order valence-corrected chi connectivity index (χ4v) is 1.73. The van der Waals surface area contributed by atoms with E-state index < -0.39 is 0 Å². The summed E-state index contributed by atoms with van der Waals surface area (Å²) in [5.74, 6) is 0. The molecule has 0 aliphatic carbocycles. The highest BCUT2D eigenvalue weighted by Gasteiger charge is 2.22. The van der Waals surface area contributed by atoms with Crippen LogP contribution < -0.4 is 0 Å². The van der Waals surface area contributed by atoms with Gasteiger partial charge in [-0.3, -0.25) is 0 Å². The van der Waals surface area contributed by atoms with Crippen LogP contribution in [-0.2, 0) is 5.41 Å². The van der Waals surface area contributed by atoms with Crippen LogP contribution in [0.15, 0.2) is 35.5 Å². The first-order chi connectivity index (χ1) is 7.10. The Morgan fingerprint density at radius 3 is 2.33 bits per heavy atom. The van der Waals surface area contributed by atoms with Crippen molar-refractivity contribution in [3.63, 3.8) is 0 Å². The van der Waals surface area contributed by atoms with E-state index in [-0.39, 0.29) is 5.41 Å². The highest BCUT2D eigenvalue weighted by molar-refractivity contribution is 5.84. The molecule has 2 heteroatoms. The van der Waals surface area contributed by atoms with Gasteiger partial charge in [0.2, 0.25) is 0 Å². The molecule has 0 atom stereocenters. The van der Waals surface area contributed by atoms with Crippen molar-refractivity contribution < 1.29 is 5.21 Å². The molecule has 0 saturated carbocycles. The molecule has 0 amide bonds. The summed E-state index contributed by atoms with van der Waals surface area (Å²) in [6.07, 6.45) is 1.59. The molecule has 1 aromatic carbocycles. The standard InChI is InChI=1S/C13H19NO/c1-4-12(14-15)10-13(2,3)11-8-6-5-7-9-11/h5-9,15H,4,10H2,1-3H3/b14-12-. The summed E-state index contributed by atoms with van der Waals surface area (Å²) >= 11 is 0. The second-order valence-corrected chi connectivity index (χ2v) is 4.45. The monoisotopic (exact) mass is 205 g/mol. The summed E-state index contributed by atoms with van der Waals surface area (Å²) in [5, 5.41) is 12.2. The Morgan fingerprint density at radius 2 is 1.87 bits per heavy atom. The van der Waals surface area contributed by atoms with Gasteiger partial charge < -0.3 is 5.21 Å². The van der Waals surface area contributed by atoms with Crippen molar-refractivity contribution in [2.75, 3.05) is 0 Å². The molecule has 0 aliphatic rings. The van der Waals surface area contributed by atoms with E-state index in [1.165, 1.54) is 5.56 Å². The average Bonchev–Trinajstić information content (AvgIpc) is 2.27. The molecular formula is C13H19NO. The van der Waals surface area contributed by atoms with Gasteiger partial charge in [0, 0.05) is 0 Å². The molecule has 0 heterocycles. The van der Waals surface area contributed by atoms with Crippen LogP contribution in [0.5, 0.6) is 0 Å². The first-order valence-electron chi connectivity index (χ1n) is 5.35. The van der Waals surface area contributed by atoms with E-state index in [1.54, 1.807) is 0 Å². The Labute approximate surface area is 91.6 Å². The van der Waals surface area contributed by atoms with E-state index in [9.17, 15) is 0 Å². The summed E-state index contributed by atoms with van der Waals surface area (Å²) in [4.78, 5) is 0. The molecular weight excluding hydrogens is 186 g/mol. The molecule has 0 radical (unpaired) electrons. The molecule has 1 rings (SSSR count). The third kappa shape index (κ3) is 3.08. The van der Waals surface area contributed by atoms with Crippen molar-refractivity contribution in [3.8, 4) is 0 Å². The summed E-state index contributed by atoms with van der Waals surface area (Å²) in [7, 11) is 0. The van der Waals surface area contributed by atoms with Crippen LogP contribution in [0.3, 0.4) is 0 Å². The van der Waals surface area contributed by atoms with E-state index in [0.29, 0.717) is 0 Å². The fraction of sp³-hybridized carbons (Fsp3) is 0.462. The van der Waals surface area contributed by atoms with E-state index in [2.05, 4.69) is 31.1 Å². The zero-order valence-corrected chi connectivity index (χ0v) is 9.70. The minimum Gasteiger partial charge on any atom is -0.411 e. The largest absolute Gasteiger partial charge is 0.411 e. The van der Waals surface area contributed by atoms with Gasteiger partial charge in [0.25, 0.3) is 0 Å². The second kappa shape index (κ2) is 4.96. The first kappa shape index (κ1) is 11.8. The van der Waals surface area contributed by atoms with E-state index in [4.69, 9.17) is 5.21 Å². The van der Waals surface area contributed by atoms with Crippen LogP contribution in [-0.4, -0.2) is 10.9 Å². The molecule has 15 heavy (non-hydrogen) atoms. The van der Waals surface area contributed by atoms with Gasteiger partial charge in [-0.2, -0.15) is 0 Å². The molecule has 0 saturated heterocycles. The normalized spacial score (nSPS) is 12.9. The lowest BCUT2D eigenvalue weighted by Crippen LogP contribution is -2.21. The van der Waals surface area contributed by atoms with Gasteiger partial charge in [-0.25, -0.2) is 0 Å². The molecule has 0 fully saturated rings. The highest BCUT2D eigenvalue weighted by Crippen LogP contribution is 2.27. The van der Waals surface area contributed by atoms with E-state index >= 15 is 0 Å². The van der Waals surface area contributed by atoms with Gasteiger partial charge in [0.15, 0.2) is 0 Å². The Morgan fingerprint density at radius 1 is 1.27 bits per heavy atom. The highest BCUT2D eigenvalue weighted by atomic mass is 16.4. The zero-order chi connectivity index (χ0) is 11.3. The van der Waals surface area contributed by atoms with Gasteiger partial charge in [-0.15, -0.1) is 0 Å². The van der Waals surface area contributed by atoms with E-state index in [0.717, 1.165) is 18.6 Å². The quantitative estimate of drug-likeness (QED) is 0.454. The lowest BCUT2D eigenvalue weighted by atomic mass is 9.79. The summed E-state index contributed by atoms with van der Waals surface area (Å²) < 4.78 is 0. The smallest absolute Gasteiger partial charge is 0.0576 e. The summed E-state index contributed by atoms with van der Waals surface area (Å²) in [5.41, 5.74) is 2.15. The molecule has 82 valence electrons. The number of nitrogens with zero attached hydrogens (tertiary/aromatic N) is 1. The van der Waals surface area contributed by atoms with Crippen LogP contribution >= 0.6 is 0 Å². The van der Waals surface area contributed by atoms with E-state index in [1.807, 2.05) is 25.1 Å². The topological polar surface area (TPSA) is 32.6 Å². The van der Waals surface area contributed by atoms with Gasteiger partial charge in [0.05, 0.1) is 5.71 Å². The Hall–Kier alpha value is -1.31. The Bertz CT molecular complexity index is 328. The molecule has 0 unspecified atom stereocenters. The molecule has 0 spiro atoms. The van der Waals surface area contributed by atoms with Crippen molar-refractivity contribution in [1.82, 2.24) is 0 Å². The number of oxime groups is 1. The number of benzene rings is 1. The fourth-order valence-electron chi connectivity index (χ4n) is 1.73.